The molecule has 0 saturated carbocycles. The highest BCUT2D eigenvalue weighted by atomic mass is 32.2. The highest BCUT2D eigenvalue weighted by Crippen LogP contribution is 2.32. The van der Waals surface area contributed by atoms with Gasteiger partial charge in [-0.05, 0) is 37.9 Å². The second-order valence-corrected chi connectivity index (χ2v) is 6.82. The molecule has 6 nitrogen and oxygen atoms in total. The zero-order valence-corrected chi connectivity index (χ0v) is 13.4. The van der Waals surface area contributed by atoms with E-state index in [2.05, 4.69) is 10.0 Å². The number of rotatable bonds is 5. The third-order valence-electron chi connectivity index (χ3n) is 3.59. The minimum Gasteiger partial charge on any atom is -0.493 e. The Bertz CT molecular complexity index is 595. The van der Waals surface area contributed by atoms with Crippen molar-refractivity contribution in [2.75, 3.05) is 27.3 Å². The average molecular weight is 314 g/mol. The second-order valence-electron chi connectivity index (χ2n) is 5.14. The molecule has 0 amide bonds. The summed E-state index contributed by atoms with van der Waals surface area (Å²) in [6, 6.07) is 3.11. The summed E-state index contributed by atoms with van der Waals surface area (Å²) in [6.45, 7) is 3.34. The lowest BCUT2D eigenvalue weighted by molar-refractivity contribution is 0.353. The van der Waals surface area contributed by atoms with E-state index in [-0.39, 0.29) is 10.9 Å². The molecule has 0 aromatic heterocycles. The molecule has 1 unspecified atom stereocenters. The number of hydrogen-bond acceptors (Lipinski definition) is 5. The van der Waals surface area contributed by atoms with E-state index in [4.69, 9.17) is 9.47 Å². The second kappa shape index (κ2) is 6.64. The first-order valence-electron chi connectivity index (χ1n) is 6.93. The summed E-state index contributed by atoms with van der Waals surface area (Å²) in [7, 11) is -0.560. The molecule has 0 spiro atoms. The van der Waals surface area contributed by atoms with Crippen LogP contribution >= 0.6 is 0 Å². The maximum Gasteiger partial charge on any atom is 0.241 e. The molecule has 1 heterocycles. The highest BCUT2D eigenvalue weighted by Gasteiger charge is 2.24. The Balaban J connectivity index is 2.30. The van der Waals surface area contributed by atoms with Crippen LogP contribution in [0.2, 0.25) is 0 Å². The van der Waals surface area contributed by atoms with Crippen molar-refractivity contribution in [2.45, 2.75) is 30.7 Å². The summed E-state index contributed by atoms with van der Waals surface area (Å²) in [5.74, 6) is 0.929. The van der Waals surface area contributed by atoms with Crippen molar-refractivity contribution >= 4 is 10.0 Å². The fourth-order valence-corrected chi connectivity index (χ4v) is 4.00. The summed E-state index contributed by atoms with van der Waals surface area (Å²) in [5, 5.41) is 3.19. The summed E-state index contributed by atoms with van der Waals surface area (Å²) in [4.78, 5) is 0.228. The maximum absolute atomic E-state index is 12.6. The minimum atomic E-state index is -3.57. The number of piperidine rings is 1. The van der Waals surface area contributed by atoms with E-state index in [1.165, 1.54) is 20.3 Å². The van der Waals surface area contributed by atoms with Crippen molar-refractivity contribution in [3.8, 4) is 11.5 Å². The molecule has 118 valence electrons. The topological polar surface area (TPSA) is 76.7 Å². The quantitative estimate of drug-likeness (QED) is 0.849. The van der Waals surface area contributed by atoms with Crippen LogP contribution in [-0.4, -0.2) is 41.8 Å². The first-order valence-corrected chi connectivity index (χ1v) is 8.42. The Morgan fingerprint density at radius 2 is 1.90 bits per heavy atom. The summed E-state index contributed by atoms with van der Waals surface area (Å²) in [5.41, 5.74) is 0.629. The number of nitrogens with one attached hydrogen (secondary N) is 2. The fraction of sp³-hybridized carbons (Fsp3) is 0.571. The summed E-state index contributed by atoms with van der Waals surface area (Å²) < 4.78 is 38.2. The third kappa shape index (κ3) is 3.66. The minimum absolute atomic E-state index is 0.0729. The van der Waals surface area contributed by atoms with Crippen LogP contribution in [0.15, 0.2) is 17.0 Å². The predicted molar refractivity (Wildman–Crippen MR) is 80.5 cm³/mol. The van der Waals surface area contributed by atoms with E-state index < -0.39 is 10.0 Å². The van der Waals surface area contributed by atoms with Gasteiger partial charge in [0.15, 0.2) is 11.5 Å². The van der Waals surface area contributed by atoms with Gasteiger partial charge in [0.1, 0.15) is 0 Å². The van der Waals surface area contributed by atoms with Crippen molar-refractivity contribution in [1.29, 1.82) is 0 Å². The summed E-state index contributed by atoms with van der Waals surface area (Å²) in [6.07, 6.45) is 1.82. The van der Waals surface area contributed by atoms with Crippen LogP contribution in [0.3, 0.4) is 0 Å². The molecule has 1 fully saturated rings. The Hall–Kier alpha value is -1.31. The fourth-order valence-electron chi connectivity index (χ4n) is 2.49. The van der Waals surface area contributed by atoms with E-state index in [0.717, 1.165) is 19.4 Å². The van der Waals surface area contributed by atoms with Crippen molar-refractivity contribution < 1.29 is 17.9 Å². The van der Waals surface area contributed by atoms with Gasteiger partial charge in [0.2, 0.25) is 10.0 Å². The Morgan fingerprint density at radius 1 is 1.24 bits per heavy atom. The molecule has 21 heavy (non-hydrogen) atoms. The maximum atomic E-state index is 12.6. The first kappa shape index (κ1) is 16.1. The van der Waals surface area contributed by atoms with Crippen LogP contribution in [0.25, 0.3) is 0 Å². The van der Waals surface area contributed by atoms with Crippen LogP contribution in [0.1, 0.15) is 18.4 Å². The lowest BCUT2D eigenvalue weighted by Gasteiger charge is -2.24. The number of methoxy groups -OCH3 is 2. The van der Waals surface area contributed by atoms with Crippen LogP contribution in [0.4, 0.5) is 0 Å². The molecular weight excluding hydrogens is 292 g/mol. The predicted octanol–water partition coefficient (Wildman–Crippen LogP) is 1.04. The van der Waals surface area contributed by atoms with Gasteiger partial charge in [-0.2, -0.15) is 0 Å². The van der Waals surface area contributed by atoms with Gasteiger partial charge < -0.3 is 14.8 Å². The smallest absolute Gasteiger partial charge is 0.241 e. The van der Waals surface area contributed by atoms with E-state index in [0.29, 0.717) is 23.6 Å². The van der Waals surface area contributed by atoms with Crippen LogP contribution in [0, 0.1) is 6.92 Å². The highest BCUT2D eigenvalue weighted by molar-refractivity contribution is 7.89. The Morgan fingerprint density at radius 3 is 2.48 bits per heavy atom. The van der Waals surface area contributed by atoms with Gasteiger partial charge in [0.25, 0.3) is 0 Å². The number of sulfonamides is 1. The molecule has 1 saturated heterocycles. The number of aryl methyl sites for hydroxylation is 1. The average Bonchev–Trinajstić information content (AvgIpc) is 2.47. The van der Waals surface area contributed by atoms with Crippen molar-refractivity contribution in [3.05, 3.63) is 17.7 Å². The zero-order valence-electron chi connectivity index (χ0n) is 12.6. The summed E-state index contributed by atoms with van der Waals surface area (Å²) >= 11 is 0. The standard InChI is InChI=1S/C14H22N2O4S/c1-10-7-12(19-2)13(20-3)8-14(10)21(17,18)16-11-5-4-6-15-9-11/h7-8,11,15-16H,4-6,9H2,1-3H3. The largest absolute Gasteiger partial charge is 0.493 e. The van der Waals surface area contributed by atoms with Crippen molar-refractivity contribution in [1.82, 2.24) is 10.0 Å². The third-order valence-corrected chi connectivity index (χ3v) is 5.25. The normalized spacial score (nSPS) is 19.3. The Kier molecular flexibility index (Phi) is 5.08. The molecule has 1 aromatic carbocycles. The van der Waals surface area contributed by atoms with Gasteiger partial charge in [-0.25, -0.2) is 13.1 Å². The van der Waals surface area contributed by atoms with Crippen LogP contribution in [-0.2, 0) is 10.0 Å². The monoisotopic (exact) mass is 314 g/mol. The zero-order chi connectivity index (χ0) is 15.5. The Labute approximate surface area is 125 Å². The van der Waals surface area contributed by atoms with Crippen LogP contribution < -0.4 is 19.5 Å². The first-order chi connectivity index (χ1) is 9.97. The van der Waals surface area contributed by atoms with E-state index >= 15 is 0 Å². The molecule has 1 aliphatic heterocycles. The van der Waals surface area contributed by atoms with Gasteiger partial charge in [0.05, 0.1) is 19.1 Å². The molecular formula is C14H22N2O4S. The molecule has 1 aromatic rings. The van der Waals surface area contributed by atoms with E-state index in [9.17, 15) is 8.42 Å². The van der Waals surface area contributed by atoms with Crippen molar-refractivity contribution in [3.63, 3.8) is 0 Å². The molecule has 2 rings (SSSR count). The molecule has 0 aliphatic carbocycles. The van der Waals surface area contributed by atoms with Gasteiger partial charge in [0, 0.05) is 18.7 Å². The van der Waals surface area contributed by atoms with E-state index in [1.54, 1.807) is 13.0 Å². The van der Waals surface area contributed by atoms with Gasteiger partial charge in [-0.15, -0.1) is 0 Å². The molecule has 0 bridgehead atoms. The van der Waals surface area contributed by atoms with E-state index in [1.807, 2.05) is 0 Å². The lowest BCUT2D eigenvalue weighted by Crippen LogP contribution is -2.45. The molecule has 1 aliphatic rings. The molecule has 1 atom stereocenters. The SMILES string of the molecule is COc1cc(C)c(S(=O)(=O)NC2CCCNC2)cc1OC. The van der Waals surface area contributed by atoms with Gasteiger partial charge in [-0.3, -0.25) is 0 Å². The lowest BCUT2D eigenvalue weighted by atomic mass is 10.1. The molecule has 0 radical (unpaired) electrons. The van der Waals surface area contributed by atoms with Gasteiger partial charge in [-0.1, -0.05) is 0 Å². The number of ether oxygens (including phenoxy) is 2. The number of benzene rings is 1. The molecule has 2 N–H and O–H groups in total. The van der Waals surface area contributed by atoms with Crippen LogP contribution in [0.5, 0.6) is 11.5 Å². The van der Waals surface area contributed by atoms with Gasteiger partial charge >= 0.3 is 0 Å². The number of hydrogen-bond donors (Lipinski definition) is 2. The molecule has 7 heteroatoms. The van der Waals surface area contributed by atoms with Crippen molar-refractivity contribution in [2.24, 2.45) is 0 Å².